The number of nitrogens with zero attached hydrogens (tertiary/aromatic N) is 6. The molecule has 0 saturated heterocycles. The second-order valence-electron chi connectivity index (χ2n) is 5.88. The Hall–Kier alpha value is -3.33. The van der Waals surface area contributed by atoms with E-state index in [1.165, 1.54) is 12.3 Å². The van der Waals surface area contributed by atoms with Gasteiger partial charge in [0.05, 0.1) is 25.0 Å². The zero-order chi connectivity index (χ0) is 19.7. The molecule has 8 nitrogen and oxygen atoms in total. The van der Waals surface area contributed by atoms with Crippen LogP contribution >= 0.6 is 11.6 Å². The predicted octanol–water partition coefficient (Wildman–Crippen LogP) is 3.11. The van der Waals surface area contributed by atoms with Crippen LogP contribution in [0.5, 0.6) is 6.01 Å². The van der Waals surface area contributed by atoms with Gasteiger partial charge in [-0.1, -0.05) is 11.6 Å². The summed E-state index contributed by atoms with van der Waals surface area (Å²) in [5.74, 6) is 0.112. The average Bonchev–Trinajstić information content (AvgIpc) is 3.01. The summed E-state index contributed by atoms with van der Waals surface area (Å²) in [7, 11) is 0. The number of nitrogen functional groups attached to an aromatic ring is 1. The molecule has 28 heavy (non-hydrogen) atoms. The van der Waals surface area contributed by atoms with Crippen LogP contribution in [0.15, 0.2) is 36.8 Å². The van der Waals surface area contributed by atoms with E-state index in [0.717, 1.165) is 6.20 Å². The first-order valence-electron chi connectivity index (χ1n) is 8.43. The van der Waals surface area contributed by atoms with Gasteiger partial charge in [-0.05, 0) is 25.1 Å². The number of nitrogens with two attached hydrogens (primary N) is 1. The van der Waals surface area contributed by atoms with E-state index in [1.807, 2.05) is 6.92 Å². The van der Waals surface area contributed by atoms with Crippen molar-refractivity contribution < 1.29 is 9.13 Å². The molecule has 0 atom stereocenters. The minimum absolute atomic E-state index is 0.136. The highest BCUT2D eigenvalue weighted by molar-refractivity contribution is 6.30. The van der Waals surface area contributed by atoms with Gasteiger partial charge in [0.2, 0.25) is 0 Å². The number of halogens is 2. The summed E-state index contributed by atoms with van der Waals surface area (Å²) >= 11 is 6.08. The number of aromatic nitrogens is 6. The van der Waals surface area contributed by atoms with Gasteiger partial charge in [-0.2, -0.15) is 9.97 Å². The molecule has 4 aromatic heterocycles. The fraction of sp³-hybridized carbons (Fsp3) is 0.167. The Kier molecular flexibility index (Phi) is 4.74. The maximum Gasteiger partial charge on any atom is 0.320 e. The standard InChI is InChI=1S/C18H15ClFN7O/c1-2-28-18-25-15(21)14-17(26-18)27(9-13-6-11(19)3-4-23-13)16(24-14)10-5-12(20)8-22-7-10/h3-8H,2,9H2,1H3,(H2,21,25,26). The lowest BCUT2D eigenvalue weighted by Gasteiger charge is -2.09. The van der Waals surface area contributed by atoms with Crippen LogP contribution in [0.2, 0.25) is 5.02 Å². The van der Waals surface area contributed by atoms with Crippen LogP contribution in [0, 0.1) is 5.82 Å². The highest BCUT2D eigenvalue weighted by atomic mass is 35.5. The highest BCUT2D eigenvalue weighted by Gasteiger charge is 2.19. The molecule has 10 heteroatoms. The van der Waals surface area contributed by atoms with Gasteiger partial charge in [0, 0.05) is 23.0 Å². The minimum Gasteiger partial charge on any atom is -0.464 e. The summed E-state index contributed by atoms with van der Waals surface area (Å²) in [5.41, 5.74) is 8.03. The van der Waals surface area contributed by atoms with E-state index in [2.05, 4.69) is 24.9 Å². The monoisotopic (exact) mass is 399 g/mol. The highest BCUT2D eigenvalue weighted by Crippen LogP contribution is 2.28. The van der Waals surface area contributed by atoms with Crippen molar-refractivity contribution in [1.82, 2.24) is 29.5 Å². The third kappa shape index (κ3) is 3.44. The molecule has 0 saturated carbocycles. The molecule has 2 N–H and O–H groups in total. The lowest BCUT2D eigenvalue weighted by molar-refractivity contribution is 0.314. The van der Waals surface area contributed by atoms with Crippen LogP contribution < -0.4 is 10.5 Å². The first kappa shape index (κ1) is 18.1. The number of hydrogen-bond donors (Lipinski definition) is 1. The van der Waals surface area contributed by atoms with Crippen molar-refractivity contribution in [3.8, 4) is 17.4 Å². The topological polar surface area (TPSA) is 105 Å². The minimum atomic E-state index is -0.481. The molecule has 0 radical (unpaired) electrons. The Morgan fingerprint density at radius 3 is 2.82 bits per heavy atom. The molecular weight excluding hydrogens is 385 g/mol. The lowest BCUT2D eigenvalue weighted by Crippen LogP contribution is -2.07. The van der Waals surface area contributed by atoms with Crippen molar-refractivity contribution in [1.29, 1.82) is 0 Å². The Morgan fingerprint density at radius 2 is 2.07 bits per heavy atom. The SMILES string of the molecule is CCOc1nc(N)c2nc(-c3cncc(F)c3)n(Cc3cc(Cl)ccn3)c2n1. The lowest BCUT2D eigenvalue weighted by atomic mass is 10.2. The van der Waals surface area contributed by atoms with Crippen LogP contribution in [0.3, 0.4) is 0 Å². The van der Waals surface area contributed by atoms with Crippen molar-refractivity contribution in [3.05, 3.63) is 53.3 Å². The van der Waals surface area contributed by atoms with Gasteiger partial charge in [0.25, 0.3) is 0 Å². The Bertz CT molecular complexity index is 1160. The zero-order valence-corrected chi connectivity index (χ0v) is 15.6. The molecule has 0 aliphatic heterocycles. The van der Waals surface area contributed by atoms with Gasteiger partial charge >= 0.3 is 6.01 Å². The summed E-state index contributed by atoms with van der Waals surface area (Å²) in [6, 6.07) is 4.89. The summed E-state index contributed by atoms with van der Waals surface area (Å²) < 4.78 is 20.9. The fourth-order valence-corrected chi connectivity index (χ4v) is 2.98. The van der Waals surface area contributed by atoms with Crippen molar-refractivity contribution in [2.24, 2.45) is 0 Å². The molecule has 4 heterocycles. The summed E-state index contributed by atoms with van der Waals surface area (Å²) in [4.78, 5) is 21.3. The molecule has 0 unspecified atom stereocenters. The van der Waals surface area contributed by atoms with E-state index < -0.39 is 5.82 Å². The number of rotatable bonds is 5. The quantitative estimate of drug-likeness (QED) is 0.549. The van der Waals surface area contributed by atoms with Gasteiger partial charge < -0.3 is 15.0 Å². The van der Waals surface area contributed by atoms with Gasteiger partial charge in [0.1, 0.15) is 11.6 Å². The normalized spacial score (nSPS) is 11.1. The molecule has 0 aliphatic rings. The van der Waals surface area contributed by atoms with Gasteiger partial charge in [-0.15, -0.1) is 0 Å². The average molecular weight is 400 g/mol. The maximum atomic E-state index is 13.8. The largest absolute Gasteiger partial charge is 0.464 e. The molecule has 0 bridgehead atoms. The summed E-state index contributed by atoms with van der Waals surface area (Å²) in [6.45, 7) is 2.49. The molecule has 0 aliphatic carbocycles. The predicted molar refractivity (Wildman–Crippen MR) is 102 cm³/mol. The zero-order valence-electron chi connectivity index (χ0n) is 14.8. The first-order valence-corrected chi connectivity index (χ1v) is 8.81. The van der Waals surface area contributed by atoms with Crippen LogP contribution in [0.4, 0.5) is 10.2 Å². The third-order valence-electron chi connectivity index (χ3n) is 3.94. The van der Waals surface area contributed by atoms with Gasteiger partial charge in [-0.3, -0.25) is 9.97 Å². The molecule has 142 valence electrons. The molecule has 0 spiro atoms. The van der Waals surface area contributed by atoms with Crippen molar-refractivity contribution in [2.75, 3.05) is 12.3 Å². The van der Waals surface area contributed by atoms with Crippen molar-refractivity contribution >= 4 is 28.6 Å². The van der Waals surface area contributed by atoms with Crippen LogP contribution in [0.1, 0.15) is 12.6 Å². The Labute approximate surface area is 164 Å². The van der Waals surface area contributed by atoms with Crippen molar-refractivity contribution in [3.63, 3.8) is 0 Å². The van der Waals surface area contributed by atoms with Crippen LogP contribution in [-0.4, -0.2) is 36.1 Å². The number of fused-ring (bicyclic) bond motifs is 1. The number of anilines is 1. The molecule has 0 amide bonds. The first-order chi connectivity index (χ1) is 13.5. The third-order valence-corrected chi connectivity index (χ3v) is 4.17. The van der Waals surface area contributed by atoms with E-state index in [-0.39, 0.29) is 18.4 Å². The fourth-order valence-electron chi connectivity index (χ4n) is 2.80. The molecule has 4 rings (SSSR count). The van der Waals surface area contributed by atoms with E-state index in [9.17, 15) is 4.39 Å². The van der Waals surface area contributed by atoms with Gasteiger partial charge in [0.15, 0.2) is 17.0 Å². The second kappa shape index (κ2) is 7.35. The summed E-state index contributed by atoms with van der Waals surface area (Å²) in [6.07, 6.45) is 4.24. The number of hydrogen-bond acceptors (Lipinski definition) is 7. The Morgan fingerprint density at radius 1 is 1.21 bits per heavy atom. The van der Waals surface area contributed by atoms with E-state index in [4.69, 9.17) is 22.1 Å². The summed E-state index contributed by atoms with van der Waals surface area (Å²) in [5, 5.41) is 0.549. The van der Waals surface area contributed by atoms with Crippen LogP contribution in [0.25, 0.3) is 22.6 Å². The van der Waals surface area contributed by atoms with Crippen LogP contribution in [-0.2, 0) is 6.54 Å². The van der Waals surface area contributed by atoms with E-state index in [0.29, 0.717) is 39.9 Å². The molecule has 0 fully saturated rings. The molecule has 0 aromatic carbocycles. The second-order valence-corrected chi connectivity index (χ2v) is 6.31. The Balaban J connectivity index is 1.95. The molecule has 4 aromatic rings. The number of pyridine rings is 2. The smallest absolute Gasteiger partial charge is 0.320 e. The van der Waals surface area contributed by atoms with Crippen molar-refractivity contribution in [2.45, 2.75) is 13.5 Å². The van der Waals surface area contributed by atoms with E-state index >= 15 is 0 Å². The van der Waals surface area contributed by atoms with Gasteiger partial charge in [-0.25, -0.2) is 9.37 Å². The number of ether oxygens (including phenoxy) is 1. The maximum absolute atomic E-state index is 13.8. The van der Waals surface area contributed by atoms with E-state index in [1.54, 1.807) is 22.9 Å². The number of imidazole rings is 1. The molecular formula is C18H15ClFN7O.